The van der Waals surface area contributed by atoms with Gasteiger partial charge in [-0.3, -0.25) is 19.4 Å². The van der Waals surface area contributed by atoms with Crippen molar-refractivity contribution < 1.29 is 19.5 Å². The summed E-state index contributed by atoms with van der Waals surface area (Å²) in [6.45, 7) is 3.37. The largest absolute Gasteiger partial charge is 0.480 e. The van der Waals surface area contributed by atoms with Gasteiger partial charge in [-0.25, -0.2) is 4.79 Å². The van der Waals surface area contributed by atoms with Gasteiger partial charge in [0.15, 0.2) is 6.04 Å². The van der Waals surface area contributed by atoms with Crippen molar-refractivity contribution in [2.45, 2.75) is 37.9 Å². The highest BCUT2D eigenvalue weighted by Gasteiger charge is 2.56. The van der Waals surface area contributed by atoms with Gasteiger partial charge in [-0.2, -0.15) is 0 Å². The standard InChI is InChI=1S/C27H27N3O4/c1-19-17-27(23-15-9-10-16-24(23)28-19,30(20(2)32)22-13-7-4-8-14-22)25(26(33)34)29(18-31)21-11-5-3-6-12-21/h3-16,18-19,25,28H,17H2,1-2H3,(H,33,34)/t19-,25-,27+/m1/s1. The van der Waals surface area contributed by atoms with Crippen molar-refractivity contribution in [1.82, 2.24) is 0 Å². The Balaban J connectivity index is 2.08. The molecule has 34 heavy (non-hydrogen) atoms. The third-order valence-corrected chi connectivity index (χ3v) is 6.27. The fourth-order valence-corrected chi connectivity index (χ4v) is 5.17. The van der Waals surface area contributed by atoms with Gasteiger partial charge in [0.05, 0.1) is 0 Å². The van der Waals surface area contributed by atoms with Crippen molar-refractivity contribution in [3.05, 3.63) is 90.5 Å². The Bertz CT molecular complexity index is 1180. The molecule has 0 spiro atoms. The van der Waals surface area contributed by atoms with Gasteiger partial charge >= 0.3 is 5.97 Å². The molecule has 7 heteroatoms. The topological polar surface area (TPSA) is 90.0 Å². The molecule has 0 unspecified atom stereocenters. The van der Waals surface area contributed by atoms with E-state index in [0.29, 0.717) is 23.3 Å². The molecule has 1 aliphatic heterocycles. The lowest BCUT2D eigenvalue weighted by Crippen LogP contribution is -2.67. The van der Waals surface area contributed by atoms with Crippen LogP contribution in [0.1, 0.15) is 25.8 Å². The third-order valence-electron chi connectivity index (χ3n) is 6.27. The first-order chi connectivity index (χ1) is 16.4. The van der Waals surface area contributed by atoms with Crippen LogP contribution in [0.4, 0.5) is 17.1 Å². The molecule has 3 atom stereocenters. The second kappa shape index (κ2) is 9.39. The molecule has 0 aromatic heterocycles. The highest BCUT2D eigenvalue weighted by atomic mass is 16.4. The molecule has 3 aromatic rings. The van der Waals surface area contributed by atoms with Crippen molar-refractivity contribution >= 4 is 35.3 Å². The Morgan fingerprint density at radius 3 is 2.09 bits per heavy atom. The molecule has 0 radical (unpaired) electrons. The number of anilines is 3. The first-order valence-corrected chi connectivity index (χ1v) is 11.1. The van der Waals surface area contributed by atoms with E-state index in [9.17, 15) is 19.5 Å². The minimum Gasteiger partial charge on any atom is -0.480 e. The maximum atomic E-state index is 13.3. The van der Waals surface area contributed by atoms with E-state index in [0.717, 1.165) is 5.69 Å². The molecule has 2 N–H and O–H groups in total. The Morgan fingerprint density at radius 1 is 0.971 bits per heavy atom. The summed E-state index contributed by atoms with van der Waals surface area (Å²) in [6, 6.07) is 23.5. The van der Waals surface area contributed by atoms with Crippen LogP contribution in [0.3, 0.4) is 0 Å². The van der Waals surface area contributed by atoms with E-state index in [1.54, 1.807) is 59.5 Å². The third kappa shape index (κ3) is 3.90. The number of carbonyl (C=O) groups is 3. The summed E-state index contributed by atoms with van der Waals surface area (Å²) < 4.78 is 0. The van der Waals surface area contributed by atoms with E-state index in [4.69, 9.17) is 0 Å². The molecular weight excluding hydrogens is 430 g/mol. The number of carboxylic acid groups (broad SMARTS) is 1. The summed E-state index contributed by atoms with van der Waals surface area (Å²) in [5.74, 6) is -1.53. The lowest BCUT2D eigenvalue weighted by molar-refractivity contribution is -0.142. The number of para-hydroxylation sites is 3. The average Bonchev–Trinajstić information content (AvgIpc) is 2.83. The van der Waals surface area contributed by atoms with Crippen LogP contribution in [0.15, 0.2) is 84.9 Å². The zero-order valence-electron chi connectivity index (χ0n) is 19.1. The number of carbonyl (C=O) groups excluding carboxylic acids is 2. The van der Waals surface area contributed by atoms with Gasteiger partial charge in [-0.05, 0) is 43.7 Å². The summed E-state index contributed by atoms with van der Waals surface area (Å²) >= 11 is 0. The van der Waals surface area contributed by atoms with Crippen LogP contribution in [0.5, 0.6) is 0 Å². The Hall–Kier alpha value is -4.13. The quantitative estimate of drug-likeness (QED) is 0.518. The number of rotatable bonds is 7. The molecule has 0 saturated heterocycles. The summed E-state index contributed by atoms with van der Waals surface area (Å²) in [7, 11) is 0. The number of nitrogens with zero attached hydrogens (tertiary/aromatic N) is 2. The molecule has 174 valence electrons. The number of hydrogen-bond acceptors (Lipinski definition) is 4. The smallest absolute Gasteiger partial charge is 0.329 e. The van der Waals surface area contributed by atoms with E-state index in [1.807, 2.05) is 37.3 Å². The van der Waals surface area contributed by atoms with Crippen molar-refractivity contribution in [3.63, 3.8) is 0 Å². The number of benzene rings is 3. The van der Waals surface area contributed by atoms with Crippen LogP contribution >= 0.6 is 0 Å². The lowest BCUT2D eigenvalue weighted by Gasteiger charge is -2.53. The van der Waals surface area contributed by atoms with E-state index in [2.05, 4.69) is 5.32 Å². The minimum absolute atomic E-state index is 0.174. The van der Waals surface area contributed by atoms with Gasteiger partial charge < -0.3 is 10.4 Å². The highest BCUT2D eigenvalue weighted by molar-refractivity contribution is 5.98. The first-order valence-electron chi connectivity index (χ1n) is 11.1. The molecule has 0 fully saturated rings. The lowest BCUT2D eigenvalue weighted by atomic mass is 9.72. The molecule has 1 aliphatic rings. The van der Waals surface area contributed by atoms with Crippen LogP contribution in [-0.4, -0.2) is 35.5 Å². The van der Waals surface area contributed by atoms with E-state index < -0.39 is 17.6 Å². The molecule has 0 aliphatic carbocycles. The number of hydrogen-bond donors (Lipinski definition) is 2. The van der Waals surface area contributed by atoms with Gasteiger partial charge in [0.25, 0.3) is 0 Å². The summed E-state index contributed by atoms with van der Waals surface area (Å²) in [5.41, 5.74) is 0.973. The molecule has 0 bridgehead atoms. The monoisotopic (exact) mass is 457 g/mol. The molecule has 3 aromatic carbocycles. The van der Waals surface area contributed by atoms with Gasteiger partial charge in [-0.1, -0.05) is 54.6 Å². The van der Waals surface area contributed by atoms with Crippen LogP contribution in [-0.2, 0) is 19.9 Å². The fourth-order valence-electron chi connectivity index (χ4n) is 5.17. The molecule has 7 nitrogen and oxygen atoms in total. The van der Waals surface area contributed by atoms with Gasteiger partial charge in [-0.15, -0.1) is 0 Å². The summed E-state index contributed by atoms with van der Waals surface area (Å²) in [4.78, 5) is 41.7. The van der Waals surface area contributed by atoms with Crippen molar-refractivity contribution in [3.8, 4) is 0 Å². The Morgan fingerprint density at radius 2 is 1.53 bits per heavy atom. The first kappa shape index (κ1) is 23.0. The maximum absolute atomic E-state index is 13.3. The molecule has 0 saturated carbocycles. The average molecular weight is 458 g/mol. The van der Waals surface area contributed by atoms with Crippen molar-refractivity contribution in [1.29, 1.82) is 0 Å². The fraction of sp³-hybridized carbons (Fsp3) is 0.222. The van der Waals surface area contributed by atoms with Gasteiger partial charge in [0.1, 0.15) is 5.54 Å². The maximum Gasteiger partial charge on any atom is 0.329 e. The van der Waals surface area contributed by atoms with Crippen LogP contribution < -0.4 is 15.1 Å². The van der Waals surface area contributed by atoms with Crippen molar-refractivity contribution in [2.75, 3.05) is 15.1 Å². The van der Waals surface area contributed by atoms with Crippen LogP contribution in [0, 0.1) is 0 Å². The van der Waals surface area contributed by atoms with Crippen LogP contribution in [0.2, 0.25) is 0 Å². The van der Waals surface area contributed by atoms with Crippen LogP contribution in [0.25, 0.3) is 0 Å². The zero-order valence-corrected chi connectivity index (χ0v) is 19.1. The number of carboxylic acids is 1. The number of fused-ring (bicyclic) bond motifs is 1. The molecule has 1 heterocycles. The summed E-state index contributed by atoms with van der Waals surface area (Å²) in [6.07, 6.45) is 0.807. The van der Waals surface area contributed by atoms with E-state index in [1.165, 1.54) is 11.8 Å². The van der Waals surface area contributed by atoms with E-state index >= 15 is 0 Å². The zero-order chi connectivity index (χ0) is 24.3. The number of aliphatic carboxylic acids is 1. The van der Waals surface area contributed by atoms with E-state index in [-0.39, 0.29) is 18.4 Å². The number of amides is 2. The SMILES string of the molecule is CC(=O)N(c1ccccc1)[C@@]1([C@@H](C(=O)O)N(C=O)c2ccccc2)C[C@@H](C)Nc2ccccc21. The second-order valence-corrected chi connectivity index (χ2v) is 8.50. The second-order valence-electron chi connectivity index (χ2n) is 8.50. The van der Waals surface area contributed by atoms with Gasteiger partial charge in [0, 0.05) is 35.6 Å². The summed E-state index contributed by atoms with van der Waals surface area (Å²) in [5, 5.41) is 14.1. The Labute approximate surface area is 198 Å². The number of nitrogens with one attached hydrogen (secondary N) is 1. The molecule has 2 amide bonds. The molecule has 4 rings (SSSR count). The highest BCUT2D eigenvalue weighted by Crippen LogP contribution is 2.48. The van der Waals surface area contributed by atoms with Gasteiger partial charge in [0.2, 0.25) is 12.3 Å². The predicted octanol–water partition coefficient (Wildman–Crippen LogP) is 4.26. The van der Waals surface area contributed by atoms with Crippen molar-refractivity contribution in [2.24, 2.45) is 0 Å². The molecular formula is C27H27N3O4. The minimum atomic E-state index is -1.40. The normalized spacial score (nSPS) is 19.8. The Kier molecular flexibility index (Phi) is 6.36. The predicted molar refractivity (Wildman–Crippen MR) is 132 cm³/mol.